The van der Waals surface area contributed by atoms with Crippen LogP contribution in [-0.2, 0) is 6.42 Å². The van der Waals surface area contributed by atoms with Gasteiger partial charge in [-0.1, -0.05) is 6.07 Å². The number of hydrogen-bond acceptors (Lipinski definition) is 2. The zero-order valence-corrected chi connectivity index (χ0v) is 9.80. The number of aliphatic hydroxyl groups excluding tert-OH is 1. The average molecular weight is 236 g/mol. The van der Waals surface area contributed by atoms with Gasteiger partial charge in [-0.05, 0) is 52.6 Å². The van der Waals surface area contributed by atoms with Gasteiger partial charge in [0.15, 0.2) is 0 Å². The molecule has 1 aromatic carbocycles. The number of aliphatic hydroxyl groups is 1. The lowest BCUT2D eigenvalue weighted by molar-refractivity contribution is 0.177. The molecule has 1 atom stereocenters. The first-order valence-electron chi connectivity index (χ1n) is 5.12. The van der Waals surface area contributed by atoms with Crippen LogP contribution in [-0.4, -0.2) is 5.11 Å². The van der Waals surface area contributed by atoms with Crippen molar-refractivity contribution in [3.05, 3.63) is 57.5 Å². The number of thiophene rings is 1. The predicted octanol–water partition coefficient (Wildman–Crippen LogP) is 3.47. The highest BCUT2D eigenvalue weighted by Crippen LogP contribution is 2.23. The number of aryl methyl sites for hydroxylation is 1. The lowest BCUT2D eigenvalue weighted by Gasteiger charge is -2.13. The fourth-order valence-corrected chi connectivity index (χ4v) is 2.39. The molecule has 16 heavy (non-hydrogen) atoms. The molecule has 1 heterocycles. The number of halogens is 1. The second-order valence-corrected chi connectivity index (χ2v) is 4.63. The summed E-state index contributed by atoms with van der Waals surface area (Å²) >= 11 is 1.60. The Kier molecular flexibility index (Phi) is 3.36. The maximum Gasteiger partial charge on any atom is 0.123 e. The van der Waals surface area contributed by atoms with Crippen molar-refractivity contribution >= 4 is 11.3 Å². The molecule has 1 N–H and O–H groups in total. The summed E-state index contributed by atoms with van der Waals surface area (Å²) in [5, 5.41) is 14.0. The van der Waals surface area contributed by atoms with Gasteiger partial charge in [-0.25, -0.2) is 4.39 Å². The summed E-state index contributed by atoms with van der Waals surface area (Å²) in [5.74, 6) is -0.301. The SMILES string of the molecule is Cc1ccc(F)cc1C(O)Cc1ccsc1. The van der Waals surface area contributed by atoms with Crippen LogP contribution in [0.2, 0.25) is 0 Å². The Labute approximate surface area is 98.2 Å². The summed E-state index contributed by atoms with van der Waals surface area (Å²) in [6, 6.07) is 6.49. The Morgan fingerprint density at radius 2 is 2.19 bits per heavy atom. The minimum atomic E-state index is -0.634. The molecule has 3 heteroatoms. The Morgan fingerprint density at radius 1 is 1.38 bits per heavy atom. The van der Waals surface area contributed by atoms with E-state index in [0.29, 0.717) is 12.0 Å². The van der Waals surface area contributed by atoms with Crippen LogP contribution >= 0.6 is 11.3 Å². The van der Waals surface area contributed by atoms with E-state index >= 15 is 0 Å². The van der Waals surface area contributed by atoms with Gasteiger partial charge in [0.05, 0.1) is 6.10 Å². The zero-order chi connectivity index (χ0) is 11.5. The van der Waals surface area contributed by atoms with Crippen LogP contribution < -0.4 is 0 Å². The molecule has 0 spiro atoms. The fraction of sp³-hybridized carbons (Fsp3) is 0.231. The van der Waals surface area contributed by atoms with Gasteiger partial charge in [-0.15, -0.1) is 0 Å². The van der Waals surface area contributed by atoms with Crippen LogP contribution in [0.5, 0.6) is 0 Å². The smallest absolute Gasteiger partial charge is 0.123 e. The Hall–Kier alpha value is -1.19. The molecule has 1 unspecified atom stereocenters. The summed E-state index contributed by atoms with van der Waals surface area (Å²) < 4.78 is 13.1. The number of hydrogen-bond donors (Lipinski definition) is 1. The zero-order valence-electron chi connectivity index (χ0n) is 8.98. The molecule has 0 saturated carbocycles. The van der Waals surface area contributed by atoms with Gasteiger partial charge in [0.1, 0.15) is 5.82 Å². The van der Waals surface area contributed by atoms with Crippen molar-refractivity contribution in [2.45, 2.75) is 19.4 Å². The first-order valence-corrected chi connectivity index (χ1v) is 6.06. The highest BCUT2D eigenvalue weighted by atomic mass is 32.1. The number of rotatable bonds is 3. The molecule has 84 valence electrons. The molecular weight excluding hydrogens is 223 g/mol. The second kappa shape index (κ2) is 4.76. The highest BCUT2D eigenvalue weighted by Gasteiger charge is 2.12. The Morgan fingerprint density at radius 3 is 2.88 bits per heavy atom. The first kappa shape index (κ1) is 11.3. The molecule has 0 fully saturated rings. The van der Waals surface area contributed by atoms with E-state index in [1.165, 1.54) is 12.1 Å². The molecule has 0 aliphatic rings. The molecule has 0 saturated heterocycles. The molecule has 0 aliphatic carbocycles. The Balaban J connectivity index is 2.20. The van der Waals surface area contributed by atoms with Gasteiger partial charge in [0, 0.05) is 6.42 Å². The van der Waals surface area contributed by atoms with Crippen LogP contribution in [0, 0.1) is 12.7 Å². The third kappa shape index (κ3) is 2.49. The van der Waals surface area contributed by atoms with Crippen molar-refractivity contribution in [1.82, 2.24) is 0 Å². The van der Waals surface area contributed by atoms with E-state index in [1.807, 2.05) is 23.8 Å². The average Bonchev–Trinajstić information content (AvgIpc) is 2.74. The third-order valence-corrected chi connectivity index (χ3v) is 3.34. The molecular formula is C13H13FOS. The van der Waals surface area contributed by atoms with Crippen LogP contribution in [0.4, 0.5) is 4.39 Å². The monoisotopic (exact) mass is 236 g/mol. The quantitative estimate of drug-likeness (QED) is 0.865. The minimum absolute atomic E-state index is 0.301. The maximum absolute atomic E-state index is 13.1. The van der Waals surface area contributed by atoms with Crippen molar-refractivity contribution in [2.75, 3.05) is 0 Å². The highest BCUT2D eigenvalue weighted by molar-refractivity contribution is 7.07. The molecule has 2 rings (SSSR count). The molecule has 1 nitrogen and oxygen atoms in total. The van der Waals surface area contributed by atoms with Crippen molar-refractivity contribution in [3.8, 4) is 0 Å². The van der Waals surface area contributed by atoms with Crippen molar-refractivity contribution < 1.29 is 9.50 Å². The van der Waals surface area contributed by atoms with Crippen LogP contribution in [0.15, 0.2) is 35.0 Å². The van der Waals surface area contributed by atoms with E-state index in [1.54, 1.807) is 17.4 Å². The van der Waals surface area contributed by atoms with Gasteiger partial charge < -0.3 is 5.11 Å². The maximum atomic E-state index is 13.1. The van der Waals surface area contributed by atoms with E-state index in [-0.39, 0.29) is 5.82 Å². The van der Waals surface area contributed by atoms with Crippen LogP contribution in [0.25, 0.3) is 0 Å². The minimum Gasteiger partial charge on any atom is -0.388 e. The van der Waals surface area contributed by atoms with Gasteiger partial charge >= 0.3 is 0 Å². The molecule has 0 radical (unpaired) electrons. The standard InChI is InChI=1S/C13H13FOS/c1-9-2-3-11(14)7-12(9)13(15)6-10-4-5-16-8-10/h2-5,7-8,13,15H,6H2,1H3. The summed E-state index contributed by atoms with van der Waals surface area (Å²) in [6.45, 7) is 1.88. The van der Waals surface area contributed by atoms with E-state index in [2.05, 4.69) is 0 Å². The Bertz CT molecular complexity index is 465. The summed E-state index contributed by atoms with van der Waals surface area (Å²) in [5.41, 5.74) is 2.68. The molecule has 2 aromatic rings. The fourth-order valence-electron chi connectivity index (χ4n) is 1.71. The van der Waals surface area contributed by atoms with Crippen molar-refractivity contribution in [2.24, 2.45) is 0 Å². The molecule has 0 aliphatic heterocycles. The van der Waals surface area contributed by atoms with E-state index in [0.717, 1.165) is 11.1 Å². The van der Waals surface area contributed by atoms with Gasteiger partial charge in [-0.3, -0.25) is 0 Å². The van der Waals surface area contributed by atoms with E-state index < -0.39 is 6.10 Å². The normalized spacial score (nSPS) is 12.7. The predicted molar refractivity (Wildman–Crippen MR) is 64.1 cm³/mol. The van der Waals surface area contributed by atoms with Crippen LogP contribution in [0.3, 0.4) is 0 Å². The summed E-state index contributed by atoms with van der Waals surface area (Å²) in [7, 11) is 0. The largest absolute Gasteiger partial charge is 0.388 e. The van der Waals surface area contributed by atoms with Gasteiger partial charge in [0.2, 0.25) is 0 Å². The summed E-state index contributed by atoms with van der Waals surface area (Å²) in [6.07, 6.45) is -0.0985. The number of benzene rings is 1. The van der Waals surface area contributed by atoms with Crippen molar-refractivity contribution in [1.29, 1.82) is 0 Å². The third-order valence-electron chi connectivity index (χ3n) is 2.61. The summed E-state index contributed by atoms with van der Waals surface area (Å²) in [4.78, 5) is 0. The molecule has 1 aromatic heterocycles. The topological polar surface area (TPSA) is 20.2 Å². The lowest BCUT2D eigenvalue weighted by atomic mass is 9.99. The first-order chi connectivity index (χ1) is 7.66. The molecule has 0 bridgehead atoms. The molecule has 0 amide bonds. The second-order valence-electron chi connectivity index (χ2n) is 3.85. The van der Waals surface area contributed by atoms with E-state index in [4.69, 9.17) is 0 Å². The lowest BCUT2D eigenvalue weighted by Crippen LogP contribution is -2.03. The van der Waals surface area contributed by atoms with Gasteiger partial charge in [-0.2, -0.15) is 11.3 Å². The van der Waals surface area contributed by atoms with Crippen molar-refractivity contribution in [3.63, 3.8) is 0 Å². The van der Waals surface area contributed by atoms with Crippen LogP contribution in [0.1, 0.15) is 22.8 Å². The van der Waals surface area contributed by atoms with E-state index in [9.17, 15) is 9.50 Å². The van der Waals surface area contributed by atoms with Gasteiger partial charge in [0.25, 0.3) is 0 Å².